The van der Waals surface area contributed by atoms with Crippen LogP contribution in [0.15, 0.2) is 0 Å². The van der Waals surface area contributed by atoms with Crippen LogP contribution in [0.2, 0.25) is 0 Å². The van der Waals surface area contributed by atoms with Gasteiger partial charge in [-0.05, 0) is 0 Å². The average molecular weight is 208 g/mol. The van der Waals surface area contributed by atoms with Gasteiger partial charge >= 0.3 is 0 Å². The molecule has 57 valence electrons. The number of amides is 2. The molecule has 0 aliphatic heterocycles. The third kappa shape index (κ3) is 4.31. The maximum atomic E-state index is 10.4. The average Bonchev–Trinajstić information content (AvgIpc) is 1.99. The molecule has 1 N–H and O–H groups in total. The molecule has 0 unspecified atom stereocenters. The number of hydrogen-bond donors (Lipinski definition) is 1. The van der Waals surface area contributed by atoms with E-state index in [1.165, 1.54) is 0 Å². The van der Waals surface area contributed by atoms with Crippen LogP contribution < -0.4 is 10.9 Å². The highest BCUT2D eigenvalue weighted by Crippen LogP contribution is 1.78. The number of alkyl halides is 1. The van der Waals surface area contributed by atoms with Gasteiger partial charge in [0.2, 0.25) is 0 Å². The molecule has 0 aliphatic rings. The van der Waals surface area contributed by atoms with Gasteiger partial charge in [-0.25, -0.2) is 5.43 Å². The summed E-state index contributed by atoms with van der Waals surface area (Å²) in [5.74, 6) is -0.642. The smallest absolute Gasteiger partial charge is 0.262 e. The highest BCUT2D eigenvalue weighted by atomic mass is 79.9. The topological polar surface area (TPSA) is 60.3 Å². The van der Waals surface area contributed by atoms with Gasteiger partial charge in [-0.1, -0.05) is 22.9 Å². The molecular formula is C5H8BrN2O2. The highest BCUT2D eigenvalue weighted by molar-refractivity contribution is 9.09. The Hall–Kier alpha value is -0.580. The van der Waals surface area contributed by atoms with E-state index in [-0.39, 0.29) is 17.1 Å². The highest BCUT2D eigenvalue weighted by Gasteiger charge is 2.01. The summed E-state index contributed by atoms with van der Waals surface area (Å²) in [6, 6.07) is 0. The van der Waals surface area contributed by atoms with Crippen LogP contribution in [0.1, 0.15) is 13.3 Å². The first-order chi connectivity index (χ1) is 4.70. The molecule has 0 aromatic rings. The van der Waals surface area contributed by atoms with Crippen LogP contribution in [0, 0.1) is 0 Å². The standard InChI is InChI=1S/C5H8BrN2O2/c1-2-4(9)7-8-5(10)3-6/h2-3H2,1H3,(H,8,10). The molecule has 0 heterocycles. The van der Waals surface area contributed by atoms with E-state index in [9.17, 15) is 9.59 Å². The van der Waals surface area contributed by atoms with E-state index in [4.69, 9.17) is 0 Å². The van der Waals surface area contributed by atoms with Crippen LogP contribution in [-0.4, -0.2) is 17.1 Å². The van der Waals surface area contributed by atoms with Gasteiger partial charge in [-0.3, -0.25) is 9.59 Å². The second kappa shape index (κ2) is 5.22. The predicted octanol–water partition coefficient (Wildman–Crippen LogP) is -0.0465. The SMILES string of the molecule is CCC(=O)[N]NC(=O)CBr. The first-order valence-electron chi connectivity index (χ1n) is 2.79. The van der Waals surface area contributed by atoms with E-state index >= 15 is 0 Å². The molecule has 0 atom stereocenters. The van der Waals surface area contributed by atoms with E-state index in [0.717, 1.165) is 0 Å². The number of nitrogens with one attached hydrogen (secondary N) is 1. The molecular weight excluding hydrogens is 200 g/mol. The van der Waals surface area contributed by atoms with E-state index in [1.54, 1.807) is 6.92 Å². The summed E-state index contributed by atoms with van der Waals surface area (Å²) >= 11 is 2.90. The lowest BCUT2D eigenvalue weighted by Crippen LogP contribution is -2.35. The van der Waals surface area contributed by atoms with E-state index in [0.29, 0.717) is 6.42 Å². The van der Waals surface area contributed by atoms with Crippen LogP contribution in [0.3, 0.4) is 0 Å². The molecule has 0 aromatic carbocycles. The van der Waals surface area contributed by atoms with E-state index < -0.39 is 0 Å². The minimum atomic E-state index is -0.325. The van der Waals surface area contributed by atoms with E-state index in [2.05, 4.69) is 26.8 Å². The number of nitrogens with zero attached hydrogens (tertiary/aromatic N) is 1. The van der Waals surface area contributed by atoms with Crippen molar-refractivity contribution in [3.05, 3.63) is 0 Å². The molecule has 0 fully saturated rings. The first kappa shape index (κ1) is 9.42. The zero-order chi connectivity index (χ0) is 7.98. The van der Waals surface area contributed by atoms with Crippen molar-refractivity contribution in [2.75, 3.05) is 5.33 Å². The predicted molar refractivity (Wildman–Crippen MR) is 39.4 cm³/mol. The van der Waals surface area contributed by atoms with Gasteiger partial charge in [-0.15, -0.1) is 5.43 Å². The summed E-state index contributed by atoms with van der Waals surface area (Å²) in [6.45, 7) is 1.67. The van der Waals surface area contributed by atoms with Crippen LogP contribution in [0.25, 0.3) is 0 Å². The third-order valence-electron chi connectivity index (χ3n) is 0.729. The molecule has 2 amide bonds. The summed E-state index contributed by atoms with van der Waals surface area (Å²) in [5.41, 5.74) is 5.32. The van der Waals surface area contributed by atoms with Gasteiger partial charge in [0.15, 0.2) is 0 Å². The monoisotopic (exact) mass is 207 g/mol. The van der Waals surface area contributed by atoms with Gasteiger partial charge in [0.1, 0.15) is 0 Å². The van der Waals surface area contributed by atoms with Gasteiger partial charge in [-0.2, -0.15) is 0 Å². The zero-order valence-electron chi connectivity index (χ0n) is 5.56. The Morgan fingerprint density at radius 1 is 1.60 bits per heavy atom. The fourth-order valence-corrected chi connectivity index (χ4v) is 0.359. The summed E-state index contributed by atoms with van der Waals surface area (Å²) in [5, 5.41) is 0.160. The molecule has 10 heavy (non-hydrogen) atoms. The van der Waals surface area contributed by atoms with Crippen LogP contribution in [-0.2, 0) is 9.59 Å². The molecule has 5 heteroatoms. The fraction of sp³-hybridized carbons (Fsp3) is 0.600. The van der Waals surface area contributed by atoms with Crippen molar-refractivity contribution in [3.63, 3.8) is 0 Å². The van der Waals surface area contributed by atoms with Crippen molar-refractivity contribution >= 4 is 27.7 Å². The maximum absolute atomic E-state index is 10.4. The third-order valence-corrected chi connectivity index (χ3v) is 1.24. The van der Waals surface area contributed by atoms with Crippen LogP contribution in [0.5, 0.6) is 0 Å². The molecule has 0 aliphatic carbocycles. The second-order valence-corrected chi connectivity index (χ2v) is 2.09. The molecule has 0 spiro atoms. The Balaban J connectivity index is 3.35. The van der Waals surface area contributed by atoms with Gasteiger partial charge < -0.3 is 0 Å². The molecule has 0 aromatic heterocycles. The van der Waals surface area contributed by atoms with Crippen molar-refractivity contribution < 1.29 is 9.59 Å². The summed E-state index contributed by atoms with van der Waals surface area (Å²) in [6.07, 6.45) is 0.308. The quantitative estimate of drug-likeness (QED) is 0.511. The number of hydrogen-bond acceptors (Lipinski definition) is 2. The Kier molecular flexibility index (Phi) is 4.92. The number of rotatable bonds is 2. The lowest BCUT2D eigenvalue weighted by Gasteiger charge is -1.97. The van der Waals surface area contributed by atoms with Crippen molar-refractivity contribution in [1.82, 2.24) is 10.9 Å². The molecule has 1 radical (unpaired) electrons. The fourth-order valence-electron chi connectivity index (χ4n) is 0.234. The van der Waals surface area contributed by atoms with Crippen LogP contribution >= 0.6 is 15.9 Å². The lowest BCUT2D eigenvalue weighted by molar-refractivity contribution is -0.127. The summed E-state index contributed by atoms with van der Waals surface area (Å²) in [4.78, 5) is 20.9. The van der Waals surface area contributed by atoms with Gasteiger partial charge in [0, 0.05) is 6.42 Å². The molecule has 0 bridgehead atoms. The Labute approximate surface area is 67.5 Å². The van der Waals surface area contributed by atoms with Gasteiger partial charge in [0.25, 0.3) is 11.8 Å². The second-order valence-electron chi connectivity index (χ2n) is 1.53. The van der Waals surface area contributed by atoms with Crippen molar-refractivity contribution in [2.45, 2.75) is 13.3 Å². The zero-order valence-corrected chi connectivity index (χ0v) is 7.14. The number of carbonyl (C=O) groups is 2. The number of carbonyl (C=O) groups excluding carboxylic acids is 2. The Morgan fingerprint density at radius 2 is 2.20 bits per heavy atom. The van der Waals surface area contributed by atoms with Crippen molar-refractivity contribution in [2.24, 2.45) is 0 Å². The Morgan fingerprint density at radius 3 is 2.60 bits per heavy atom. The summed E-state index contributed by atoms with van der Waals surface area (Å²) in [7, 11) is 0. The molecule has 4 nitrogen and oxygen atoms in total. The van der Waals surface area contributed by atoms with Crippen molar-refractivity contribution in [1.29, 1.82) is 0 Å². The van der Waals surface area contributed by atoms with Crippen LogP contribution in [0.4, 0.5) is 0 Å². The molecule has 0 saturated heterocycles. The minimum absolute atomic E-state index is 0.160. The molecule has 0 saturated carbocycles. The Bertz CT molecular complexity index is 122. The van der Waals surface area contributed by atoms with E-state index in [1.807, 2.05) is 0 Å². The minimum Gasteiger partial charge on any atom is -0.272 e. The lowest BCUT2D eigenvalue weighted by atomic mass is 10.5. The normalized spacial score (nSPS) is 8.60. The number of halogens is 1. The first-order valence-corrected chi connectivity index (χ1v) is 3.91. The maximum Gasteiger partial charge on any atom is 0.262 e. The largest absolute Gasteiger partial charge is 0.272 e. The summed E-state index contributed by atoms with van der Waals surface area (Å²) < 4.78 is 0. The molecule has 0 rings (SSSR count). The van der Waals surface area contributed by atoms with Gasteiger partial charge in [0.05, 0.1) is 5.33 Å². The van der Waals surface area contributed by atoms with Crippen molar-refractivity contribution in [3.8, 4) is 0 Å².